The second-order valence-corrected chi connectivity index (χ2v) is 5.31. The Bertz CT molecular complexity index is 459. The van der Waals surface area contributed by atoms with Crippen molar-refractivity contribution in [1.29, 1.82) is 0 Å². The molecule has 0 spiro atoms. The van der Waals surface area contributed by atoms with Crippen LogP contribution in [-0.4, -0.2) is 37.0 Å². The van der Waals surface area contributed by atoms with Gasteiger partial charge in [-0.3, -0.25) is 4.79 Å². The zero-order chi connectivity index (χ0) is 13.8. The molecule has 0 aliphatic carbocycles. The largest absolute Gasteiger partial charge is 0.339 e. The monoisotopic (exact) mass is 284 g/mol. The summed E-state index contributed by atoms with van der Waals surface area (Å²) in [4.78, 5) is 14.0. The van der Waals surface area contributed by atoms with Gasteiger partial charge in [0.1, 0.15) is 5.82 Å². The molecule has 5 heteroatoms. The van der Waals surface area contributed by atoms with Crippen molar-refractivity contribution in [3.63, 3.8) is 0 Å². The van der Waals surface area contributed by atoms with E-state index in [1.165, 1.54) is 12.1 Å². The number of nitrogens with zero attached hydrogens (tertiary/aromatic N) is 1. The van der Waals surface area contributed by atoms with Crippen molar-refractivity contribution in [2.24, 2.45) is 0 Å². The fourth-order valence-corrected chi connectivity index (χ4v) is 2.57. The van der Waals surface area contributed by atoms with Gasteiger partial charge < -0.3 is 10.2 Å². The number of rotatable bonds is 2. The Hall–Kier alpha value is -1.13. The van der Waals surface area contributed by atoms with Crippen molar-refractivity contribution in [2.75, 3.05) is 20.1 Å². The molecule has 3 nitrogen and oxygen atoms in total. The standard InChI is InChI=1S/C14H18ClFN2O/c1-18(11-3-2-7-17-8-6-11)14(19)12-5-4-10(15)9-13(12)16/h4-5,9,11,17H,2-3,6-8H2,1H3. The second-order valence-electron chi connectivity index (χ2n) is 4.87. The molecule has 1 fully saturated rings. The quantitative estimate of drug-likeness (QED) is 0.906. The van der Waals surface area contributed by atoms with Crippen molar-refractivity contribution in [3.8, 4) is 0 Å². The summed E-state index contributed by atoms with van der Waals surface area (Å²) in [6.07, 6.45) is 2.88. The van der Waals surface area contributed by atoms with Gasteiger partial charge in [-0.15, -0.1) is 0 Å². The summed E-state index contributed by atoms with van der Waals surface area (Å²) in [6.45, 7) is 1.87. The van der Waals surface area contributed by atoms with Crippen LogP contribution in [0.5, 0.6) is 0 Å². The summed E-state index contributed by atoms with van der Waals surface area (Å²) in [7, 11) is 1.74. The van der Waals surface area contributed by atoms with E-state index in [1.807, 2.05) is 0 Å². The molecule has 1 aromatic rings. The summed E-state index contributed by atoms with van der Waals surface area (Å²) < 4.78 is 13.8. The number of halogens is 2. The normalized spacial score (nSPS) is 19.8. The summed E-state index contributed by atoms with van der Waals surface area (Å²) in [5, 5.41) is 3.60. The molecule has 1 heterocycles. The van der Waals surface area contributed by atoms with E-state index in [4.69, 9.17) is 11.6 Å². The van der Waals surface area contributed by atoms with Crippen LogP contribution in [-0.2, 0) is 0 Å². The highest BCUT2D eigenvalue weighted by Crippen LogP contribution is 2.19. The molecule has 1 unspecified atom stereocenters. The van der Waals surface area contributed by atoms with Crippen LogP contribution in [0.25, 0.3) is 0 Å². The van der Waals surface area contributed by atoms with Crippen LogP contribution in [0.3, 0.4) is 0 Å². The summed E-state index contributed by atoms with van der Waals surface area (Å²) in [6, 6.07) is 4.33. The lowest BCUT2D eigenvalue weighted by atomic mass is 10.1. The highest BCUT2D eigenvalue weighted by atomic mass is 35.5. The summed E-state index contributed by atoms with van der Waals surface area (Å²) in [5.74, 6) is -0.836. The van der Waals surface area contributed by atoms with Gasteiger partial charge in [-0.1, -0.05) is 11.6 Å². The molecule has 19 heavy (non-hydrogen) atoms. The van der Waals surface area contributed by atoms with Gasteiger partial charge in [0.05, 0.1) is 5.56 Å². The first-order valence-electron chi connectivity index (χ1n) is 6.52. The van der Waals surface area contributed by atoms with Crippen molar-refractivity contribution >= 4 is 17.5 Å². The van der Waals surface area contributed by atoms with Crippen LogP contribution >= 0.6 is 11.6 Å². The SMILES string of the molecule is CN(C(=O)c1ccc(Cl)cc1F)C1CCCNCC1. The van der Waals surface area contributed by atoms with E-state index in [0.29, 0.717) is 5.02 Å². The van der Waals surface area contributed by atoms with E-state index in [9.17, 15) is 9.18 Å². The van der Waals surface area contributed by atoms with E-state index in [1.54, 1.807) is 18.0 Å². The van der Waals surface area contributed by atoms with Crippen LogP contribution in [0.2, 0.25) is 5.02 Å². The van der Waals surface area contributed by atoms with Crippen molar-refractivity contribution < 1.29 is 9.18 Å². The molecule has 1 saturated heterocycles. The van der Waals surface area contributed by atoms with Gasteiger partial charge >= 0.3 is 0 Å². The number of amides is 1. The van der Waals surface area contributed by atoms with Gasteiger partial charge in [0.25, 0.3) is 5.91 Å². The number of carbonyl (C=O) groups excluding carboxylic acids is 1. The maximum atomic E-state index is 13.8. The Labute approximate surface area is 117 Å². The van der Waals surface area contributed by atoms with E-state index in [0.717, 1.165) is 32.4 Å². The van der Waals surface area contributed by atoms with E-state index in [-0.39, 0.29) is 17.5 Å². The highest BCUT2D eigenvalue weighted by Gasteiger charge is 2.23. The molecule has 0 aromatic heterocycles. The van der Waals surface area contributed by atoms with Gasteiger partial charge in [0.2, 0.25) is 0 Å². The van der Waals surface area contributed by atoms with Crippen LogP contribution in [0.1, 0.15) is 29.6 Å². The minimum Gasteiger partial charge on any atom is -0.339 e. The zero-order valence-corrected chi connectivity index (χ0v) is 11.7. The van der Waals surface area contributed by atoms with E-state index in [2.05, 4.69) is 5.32 Å². The van der Waals surface area contributed by atoms with Gasteiger partial charge in [-0.05, 0) is 50.6 Å². The Balaban J connectivity index is 2.13. The Morgan fingerprint density at radius 2 is 2.21 bits per heavy atom. The average Bonchev–Trinajstić information content (AvgIpc) is 2.66. The predicted molar refractivity (Wildman–Crippen MR) is 74.0 cm³/mol. The van der Waals surface area contributed by atoms with Crippen LogP contribution in [0, 0.1) is 5.82 Å². The third-order valence-electron chi connectivity index (χ3n) is 3.57. The molecule has 1 amide bonds. The summed E-state index contributed by atoms with van der Waals surface area (Å²) >= 11 is 5.70. The highest BCUT2D eigenvalue weighted by molar-refractivity contribution is 6.30. The van der Waals surface area contributed by atoms with Crippen molar-refractivity contribution in [2.45, 2.75) is 25.3 Å². The van der Waals surface area contributed by atoms with Gasteiger partial charge in [-0.25, -0.2) is 4.39 Å². The van der Waals surface area contributed by atoms with E-state index < -0.39 is 5.82 Å². The third kappa shape index (κ3) is 3.45. The Morgan fingerprint density at radius 3 is 2.95 bits per heavy atom. The first-order chi connectivity index (χ1) is 9.09. The second kappa shape index (κ2) is 6.35. The first kappa shape index (κ1) is 14.3. The lowest BCUT2D eigenvalue weighted by Crippen LogP contribution is -2.38. The van der Waals surface area contributed by atoms with Gasteiger partial charge in [0.15, 0.2) is 0 Å². The molecule has 1 aliphatic rings. The molecular weight excluding hydrogens is 267 g/mol. The molecule has 0 radical (unpaired) electrons. The topological polar surface area (TPSA) is 32.3 Å². The lowest BCUT2D eigenvalue weighted by Gasteiger charge is -2.27. The zero-order valence-electron chi connectivity index (χ0n) is 11.0. The third-order valence-corrected chi connectivity index (χ3v) is 3.81. The molecular formula is C14H18ClFN2O. The van der Waals surface area contributed by atoms with Gasteiger partial charge in [-0.2, -0.15) is 0 Å². The van der Waals surface area contributed by atoms with Crippen molar-refractivity contribution in [3.05, 3.63) is 34.6 Å². The maximum absolute atomic E-state index is 13.8. The van der Waals surface area contributed by atoms with Gasteiger partial charge in [0, 0.05) is 18.1 Å². The number of hydrogen-bond acceptors (Lipinski definition) is 2. The van der Waals surface area contributed by atoms with Crippen LogP contribution in [0.4, 0.5) is 4.39 Å². The van der Waals surface area contributed by atoms with E-state index >= 15 is 0 Å². The maximum Gasteiger partial charge on any atom is 0.256 e. The first-order valence-corrected chi connectivity index (χ1v) is 6.90. The molecule has 1 atom stereocenters. The Morgan fingerprint density at radius 1 is 1.42 bits per heavy atom. The fourth-order valence-electron chi connectivity index (χ4n) is 2.41. The number of benzene rings is 1. The molecule has 1 aliphatic heterocycles. The molecule has 104 valence electrons. The minimum absolute atomic E-state index is 0.0871. The molecule has 1 aromatic carbocycles. The molecule has 0 saturated carbocycles. The molecule has 0 bridgehead atoms. The number of carbonyl (C=O) groups is 1. The molecule has 2 rings (SSSR count). The fraction of sp³-hybridized carbons (Fsp3) is 0.500. The predicted octanol–water partition coefficient (Wildman–Crippen LogP) is 2.69. The molecule has 1 N–H and O–H groups in total. The average molecular weight is 285 g/mol. The number of nitrogens with one attached hydrogen (secondary N) is 1. The van der Waals surface area contributed by atoms with Crippen molar-refractivity contribution in [1.82, 2.24) is 10.2 Å². The lowest BCUT2D eigenvalue weighted by molar-refractivity contribution is 0.0715. The van der Waals surface area contributed by atoms with Crippen LogP contribution < -0.4 is 5.32 Å². The minimum atomic E-state index is -0.559. The summed E-state index contributed by atoms with van der Waals surface area (Å²) in [5.41, 5.74) is 0.0871. The number of hydrogen-bond donors (Lipinski definition) is 1. The van der Waals surface area contributed by atoms with Crippen LogP contribution in [0.15, 0.2) is 18.2 Å². The smallest absolute Gasteiger partial charge is 0.256 e. The Kier molecular flexibility index (Phi) is 4.77.